The molecule has 2 aromatic rings. The standard InChI is InChI=1S/C21H26N2O4S2/c1-17-2-4-18(5-3-17)28-15-12-22-8-10-23(11-9-22)29(24,25)19-6-7-20-21(16-19)27-14-13-26-20/h2-7,16H,8-15H2,1H3. The average Bonchev–Trinajstić information content (AvgIpc) is 2.75. The Morgan fingerprint density at radius 1 is 0.931 bits per heavy atom. The van der Waals surface area contributed by atoms with Gasteiger partial charge < -0.3 is 9.47 Å². The van der Waals surface area contributed by atoms with E-state index in [9.17, 15) is 8.42 Å². The molecule has 2 aromatic carbocycles. The van der Waals surface area contributed by atoms with Crippen LogP contribution in [-0.2, 0) is 10.0 Å². The van der Waals surface area contributed by atoms with E-state index in [1.807, 2.05) is 11.8 Å². The molecular weight excluding hydrogens is 408 g/mol. The van der Waals surface area contributed by atoms with Crippen LogP contribution < -0.4 is 9.47 Å². The quantitative estimate of drug-likeness (QED) is 0.652. The summed E-state index contributed by atoms with van der Waals surface area (Å²) in [4.78, 5) is 3.87. The summed E-state index contributed by atoms with van der Waals surface area (Å²) in [5.41, 5.74) is 1.27. The van der Waals surface area contributed by atoms with E-state index in [1.165, 1.54) is 10.5 Å². The highest BCUT2D eigenvalue weighted by Gasteiger charge is 2.29. The molecule has 0 aromatic heterocycles. The van der Waals surface area contributed by atoms with Crippen LogP contribution >= 0.6 is 11.8 Å². The van der Waals surface area contributed by atoms with Crippen molar-refractivity contribution < 1.29 is 17.9 Å². The van der Waals surface area contributed by atoms with Gasteiger partial charge in [0.25, 0.3) is 0 Å². The number of hydrogen-bond acceptors (Lipinski definition) is 6. The molecule has 0 N–H and O–H groups in total. The molecule has 4 rings (SSSR count). The molecule has 8 heteroatoms. The SMILES string of the molecule is Cc1ccc(SCCN2CCN(S(=O)(=O)c3ccc4c(c3)OCCO4)CC2)cc1. The molecule has 1 fully saturated rings. The fourth-order valence-electron chi connectivity index (χ4n) is 3.45. The molecule has 0 amide bonds. The summed E-state index contributed by atoms with van der Waals surface area (Å²) in [6.07, 6.45) is 0. The van der Waals surface area contributed by atoms with Crippen molar-refractivity contribution in [2.24, 2.45) is 0 Å². The molecule has 1 saturated heterocycles. The van der Waals surface area contributed by atoms with Gasteiger partial charge in [-0.15, -0.1) is 11.8 Å². The van der Waals surface area contributed by atoms with E-state index in [-0.39, 0.29) is 4.90 Å². The maximum Gasteiger partial charge on any atom is 0.243 e. The van der Waals surface area contributed by atoms with Crippen LogP contribution in [0.15, 0.2) is 52.3 Å². The highest BCUT2D eigenvalue weighted by molar-refractivity contribution is 7.99. The lowest BCUT2D eigenvalue weighted by Gasteiger charge is -2.34. The lowest BCUT2D eigenvalue weighted by molar-refractivity contribution is 0.171. The third-order valence-electron chi connectivity index (χ3n) is 5.18. The normalized spacial score (nSPS) is 18.0. The van der Waals surface area contributed by atoms with E-state index in [0.29, 0.717) is 37.8 Å². The molecule has 0 spiro atoms. The summed E-state index contributed by atoms with van der Waals surface area (Å²) in [5.74, 6) is 2.10. The minimum atomic E-state index is -3.52. The van der Waals surface area contributed by atoms with E-state index >= 15 is 0 Å². The van der Waals surface area contributed by atoms with E-state index < -0.39 is 10.0 Å². The van der Waals surface area contributed by atoms with Crippen molar-refractivity contribution in [3.63, 3.8) is 0 Å². The van der Waals surface area contributed by atoms with E-state index in [0.717, 1.165) is 25.4 Å². The Bertz CT molecular complexity index is 940. The van der Waals surface area contributed by atoms with Gasteiger partial charge in [0, 0.05) is 49.4 Å². The molecule has 2 aliphatic heterocycles. The Morgan fingerprint density at radius 3 is 2.34 bits per heavy atom. The number of rotatable bonds is 6. The van der Waals surface area contributed by atoms with Crippen LogP contribution in [-0.4, -0.2) is 69.3 Å². The zero-order valence-corrected chi connectivity index (χ0v) is 18.2. The summed E-state index contributed by atoms with van der Waals surface area (Å²) in [5, 5.41) is 0. The predicted molar refractivity (Wildman–Crippen MR) is 115 cm³/mol. The topological polar surface area (TPSA) is 59.1 Å². The highest BCUT2D eigenvalue weighted by Crippen LogP contribution is 2.33. The van der Waals surface area contributed by atoms with E-state index in [4.69, 9.17) is 9.47 Å². The second kappa shape index (κ2) is 8.95. The smallest absolute Gasteiger partial charge is 0.243 e. The Hall–Kier alpha value is -1.74. The molecule has 156 valence electrons. The van der Waals surface area contributed by atoms with Gasteiger partial charge in [0.1, 0.15) is 13.2 Å². The summed E-state index contributed by atoms with van der Waals surface area (Å²) in [7, 11) is -3.52. The first kappa shape index (κ1) is 20.5. The van der Waals surface area contributed by atoms with Crippen molar-refractivity contribution in [1.82, 2.24) is 9.21 Å². The van der Waals surface area contributed by atoms with Crippen molar-refractivity contribution in [3.05, 3.63) is 48.0 Å². The molecule has 29 heavy (non-hydrogen) atoms. The second-order valence-corrected chi connectivity index (χ2v) is 10.3. The first-order valence-electron chi connectivity index (χ1n) is 9.84. The molecule has 0 aliphatic carbocycles. The summed E-state index contributed by atoms with van der Waals surface area (Å²) in [6, 6.07) is 13.4. The molecule has 2 aliphatic rings. The zero-order chi connectivity index (χ0) is 20.3. The Balaban J connectivity index is 1.30. The molecule has 0 saturated carbocycles. The van der Waals surface area contributed by atoms with Gasteiger partial charge in [0.05, 0.1) is 4.90 Å². The van der Waals surface area contributed by atoms with Crippen molar-refractivity contribution in [2.45, 2.75) is 16.7 Å². The number of hydrogen-bond donors (Lipinski definition) is 0. The Morgan fingerprint density at radius 2 is 1.62 bits per heavy atom. The van der Waals surface area contributed by atoms with Crippen molar-refractivity contribution >= 4 is 21.8 Å². The lowest BCUT2D eigenvalue weighted by Crippen LogP contribution is -2.49. The van der Waals surface area contributed by atoms with E-state index in [2.05, 4.69) is 36.1 Å². The van der Waals surface area contributed by atoms with E-state index in [1.54, 1.807) is 22.5 Å². The molecule has 0 bridgehead atoms. The number of ether oxygens (including phenoxy) is 2. The number of sulfonamides is 1. The Kier molecular flexibility index (Phi) is 6.34. The molecule has 6 nitrogen and oxygen atoms in total. The fourth-order valence-corrected chi connectivity index (χ4v) is 5.81. The molecule has 0 atom stereocenters. The van der Waals surface area contributed by atoms with Crippen molar-refractivity contribution in [1.29, 1.82) is 0 Å². The van der Waals surface area contributed by atoms with Gasteiger partial charge in [-0.05, 0) is 31.2 Å². The number of benzene rings is 2. The maximum atomic E-state index is 13.0. The first-order valence-corrected chi connectivity index (χ1v) is 12.3. The fraction of sp³-hybridized carbons (Fsp3) is 0.429. The summed E-state index contributed by atoms with van der Waals surface area (Å²) < 4.78 is 38.6. The monoisotopic (exact) mass is 434 g/mol. The Labute approximate surface area is 176 Å². The van der Waals surface area contributed by atoms with Crippen LogP contribution in [0.2, 0.25) is 0 Å². The summed E-state index contributed by atoms with van der Waals surface area (Å²) in [6.45, 7) is 6.48. The van der Waals surface area contributed by atoms with Crippen molar-refractivity contribution in [3.8, 4) is 11.5 Å². The number of piperazine rings is 1. The number of aryl methyl sites for hydroxylation is 1. The maximum absolute atomic E-state index is 13.0. The van der Waals surface area contributed by atoms with Gasteiger partial charge >= 0.3 is 0 Å². The van der Waals surface area contributed by atoms with Crippen molar-refractivity contribution in [2.75, 3.05) is 51.7 Å². The van der Waals surface area contributed by atoms with Crippen LogP contribution in [0, 0.1) is 6.92 Å². The lowest BCUT2D eigenvalue weighted by atomic mass is 10.2. The van der Waals surface area contributed by atoms with Crippen LogP contribution in [0.5, 0.6) is 11.5 Å². The van der Waals surface area contributed by atoms with Crippen LogP contribution in [0.3, 0.4) is 0 Å². The average molecular weight is 435 g/mol. The molecule has 0 radical (unpaired) electrons. The van der Waals surface area contributed by atoms with Gasteiger partial charge in [-0.2, -0.15) is 4.31 Å². The van der Waals surface area contributed by atoms with Crippen LogP contribution in [0.1, 0.15) is 5.56 Å². The van der Waals surface area contributed by atoms with Gasteiger partial charge in [0.2, 0.25) is 10.0 Å². The number of fused-ring (bicyclic) bond motifs is 1. The predicted octanol–water partition coefficient (Wildman–Crippen LogP) is 2.86. The van der Waals surface area contributed by atoms with Gasteiger partial charge in [-0.3, -0.25) is 4.90 Å². The van der Waals surface area contributed by atoms with Crippen LogP contribution in [0.25, 0.3) is 0 Å². The number of nitrogens with zero attached hydrogens (tertiary/aromatic N) is 2. The zero-order valence-electron chi connectivity index (χ0n) is 16.5. The van der Waals surface area contributed by atoms with Crippen LogP contribution in [0.4, 0.5) is 0 Å². The minimum absolute atomic E-state index is 0.269. The second-order valence-electron chi connectivity index (χ2n) is 7.21. The minimum Gasteiger partial charge on any atom is -0.486 e. The third-order valence-corrected chi connectivity index (χ3v) is 8.07. The largest absolute Gasteiger partial charge is 0.486 e. The summed E-state index contributed by atoms with van der Waals surface area (Å²) >= 11 is 1.84. The highest BCUT2D eigenvalue weighted by atomic mass is 32.2. The molecule has 0 unspecified atom stereocenters. The van der Waals surface area contributed by atoms with Gasteiger partial charge in [-0.1, -0.05) is 17.7 Å². The number of thioether (sulfide) groups is 1. The van der Waals surface area contributed by atoms with Gasteiger partial charge in [-0.25, -0.2) is 8.42 Å². The third kappa shape index (κ3) is 4.88. The molecular formula is C21H26N2O4S2. The van der Waals surface area contributed by atoms with Gasteiger partial charge in [0.15, 0.2) is 11.5 Å². The molecule has 2 heterocycles. The first-order chi connectivity index (χ1) is 14.0.